The van der Waals surface area contributed by atoms with E-state index < -0.39 is 4.76 Å². The van der Waals surface area contributed by atoms with Gasteiger partial charge in [-0.3, -0.25) is 0 Å². The van der Waals surface area contributed by atoms with Crippen molar-refractivity contribution in [3.8, 4) is 11.3 Å². The first-order valence-electron chi connectivity index (χ1n) is 8.30. The van der Waals surface area contributed by atoms with E-state index in [2.05, 4.69) is 14.9 Å². The monoisotopic (exact) mass is 362 g/mol. The van der Waals surface area contributed by atoms with Crippen molar-refractivity contribution >= 4 is 17.8 Å². The third-order valence-corrected chi connectivity index (χ3v) is 4.45. The van der Waals surface area contributed by atoms with Crippen LogP contribution in [0.5, 0.6) is 0 Å². The third-order valence-electron chi connectivity index (χ3n) is 4.20. The maximum Gasteiger partial charge on any atom is 0.159 e. The Hall–Kier alpha value is -1.70. The van der Waals surface area contributed by atoms with Gasteiger partial charge in [0.05, 0.1) is 6.54 Å². The largest absolute Gasteiger partial charge is 0.604 e. The molecule has 3 rings (SSSR count). The summed E-state index contributed by atoms with van der Waals surface area (Å²) in [6.45, 7) is 3.44. The summed E-state index contributed by atoms with van der Waals surface area (Å²) in [6, 6.07) is 11.1. The van der Waals surface area contributed by atoms with Crippen LogP contribution in [0, 0.1) is 5.21 Å². The minimum absolute atomic E-state index is 0.384. The van der Waals surface area contributed by atoms with Gasteiger partial charge in [0.25, 0.3) is 0 Å². The van der Waals surface area contributed by atoms with Gasteiger partial charge in [-0.2, -0.15) is 0 Å². The quantitative estimate of drug-likeness (QED) is 0.450. The minimum atomic E-state index is -0.579. The summed E-state index contributed by atoms with van der Waals surface area (Å²) in [5.74, 6) is 1.30. The first kappa shape index (κ1) is 18.1. The Labute approximate surface area is 153 Å². The summed E-state index contributed by atoms with van der Waals surface area (Å²) in [7, 11) is 4.06. The molecule has 1 unspecified atom stereocenters. The van der Waals surface area contributed by atoms with Crippen LogP contribution in [-0.2, 0) is 0 Å². The number of hydrogen-bond donors (Lipinski definition) is 0. The molecule has 0 saturated carbocycles. The standard InChI is InChI=1S/C18H23ClN4O2/c1-21(2)9-10-22-11-12-23(24,14-22)20-13-17-7-8-18(25-17)15-3-5-16(19)6-4-15/h3-8,13H,9-12,14H2,1-2H3. The second kappa shape index (κ2) is 7.68. The molecule has 1 atom stereocenters. The molecule has 0 amide bonds. The SMILES string of the molecule is CN(C)CCN1CC[N+]([O-])(N=Cc2ccc(-c3ccc(Cl)cc3)o2)C1. The number of halogens is 1. The van der Waals surface area contributed by atoms with Crippen molar-refractivity contribution in [3.63, 3.8) is 0 Å². The number of nitrogens with zero attached hydrogens (tertiary/aromatic N) is 4. The number of rotatable bonds is 6. The first-order chi connectivity index (χ1) is 11.9. The van der Waals surface area contributed by atoms with E-state index in [0.717, 1.165) is 31.0 Å². The van der Waals surface area contributed by atoms with E-state index in [1.807, 2.05) is 50.5 Å². The zero-order chi connectivity index (χ0) is 17.9. The molecule has 1 aliphatic heterocycles. The second-order valence-corrected chi connectivity index (χ2v) is 7.02. The van der Waals surface area contributed by atoms with Gasteiger partial charge in [0.15, 0.2) is 12.4 Å². The molecule has 2 heterocycles. The highest BCUT2D eigenvalue weighted by molar-refractivity contribution is 6.30. The molecule has 1 aromatic carbocycles. The highest BCUT2D eigenvalue weighted by Crippen LogP contribution is 2.23. The third kappa shape index (κ3) is 4.90. The molecule has 2 aromatic rings. The molecule has 1 saturated heterocycles. The van der Waals surface area contributed by atoms with Crippen LogP contribution < -0.4 is 0 Å². The average Bonchev–Trinajstić information content (AvgIpc) is 3.19. The Bertz CT molecular complexity index is 729. The second-order valence-electron chi connectivity index (χ2n) is 6.59. The fourth-order valence-corrected chi connectivity index (χ4v) is 2.85. The van der Waals surface area contributed by atoms with Gasteiger partial charge in [-0.15, -0.1) is 0 Å². The van der Waals surface area contributed by atoms with E-state index in [0.29, 0.717) is 24.0 Å². The van der Waals surface area contributed by atoms with E-state index >= 15 is 0 Å². The highest BCUT2D eigenvalue weighted by atomic mass is 35.5. The summed E-state index contributed by atoms with van der Waals surface area (Å²) in [6.07, 6.45) is 1.53. The van der Waals surface area contributed by atoms with Crippen molar-refractivity contribution in [2.24, 2.45) is 5.10 Å². The zero-order valence-corrected chi connectivity index (χ0v) is 15.3. The lowest BCUT2D eigenvalue weighted by Gasteiger charge is -2.30. The van der Waals surface area contributed by atoms with E-state index in [4.69, 9.17) is 16.0 Å². The lowest BCUT2D eigenvalue weighted by atomic mass is 10.2. The molecule has 0 radical (unpaired) electrons. The number of benzene rings is 1. The Kier molecular flexibility index (Phi) is 5.56. The van der Waals surface area contributed by atoms with E-state index in [1.54, 1.807) is 0 Å². The molecule has 0 bridgehead atoms. The molecular formula is C18H23ClN4O2. The summed E-state index contributed by atoms with van der Waals surface area (Å²) in [5.41, 5.74) is 0.936. The topological polar surface area (TPSA) is 55.0 Å². The number of furan rings is 1. The summed E-state index contributed by atoms with van der Waals surface area (Å²) in [5, 5.41) is 17.6. The highest BCUT2D eigenvalue weighted by Gasteiger charge is 2.29. The van der Waals surface area contributed by atoms with E-state index in [1.165, 1.54) is 6.21 Å². The van der Waals surface area contributed by atoms with Crippen molar-refractivity contribution in [1.82, 2.24) is 9.80 Å². The van der Waals surface area contributed by atoms with Gasteiger partial charge < -0.3 is 14.5 Å². The maximum atomic E-state index is 12.7. The van der Waals surface area contributed by atoms with Crippen LogP contribution in [0.1, 0.15) is 5.76 Å². The van der Waals surface area contributed by atoms with Gasteiger partial charge >= 0.3 is 0 Å². The number of likely N-dealkylation sites (N-methyl/N-ethyl adjacent to an activating group) is 1. The molecule has 0 N–H and O–H groups in total. The molecule has 6 nitrogen and oxygen atoms in total. The Morgan fingerprint density at radius 2 is 2.04 bits per heavy atom. The zero-order valence-electron chi connectivity index (χ0n) is 14.6. The predicted octanol–water partition coefficient (Wildman–Crippen LogP) is 3.08. The van der Waals surface area contributed by atoms with Crippen molar-refractivity contribution in [2.75, 3.05) is 46.9 Å². The van der Waals surface area contributed by atoms with Gasteiger partial charge in [0.2, 0.25) is 0 Å². The molecule has 1 fully saturated rings. The molecule has 7 heteroatoms. The van der Waals surface area contributed by atoms with Gasteiger partial charge in [0.1, 0.15) is 18.5 Å². The number of hydrogen-bond acceptors (Lipinski definition) is 5. The lowest BCUT2D eigenvalue weighted by molar-refractivity contribution is -0.878. The summed E-state index contributed by atoms with van der Waals surface area (Å²) < 4.78 is 5.18. The van der Waals surface area contributed by atoms with Crippen LogP contribution in [0.15, 0.2) is 45.9 Å². The lowest BCUT2D eigenvalue weighted by Crippen LogP contribution is -2.37. The van der Waals surface area contributed by atoms with Crippen LogP contribution >= 0.6 is 11.6 Å². The van der Waals surface area contributed by atoms with E-state index in [9.17, 15) is 5.21 Å². The average molecular weight is 363 g/mol. The predicted molar refractivity (Wildman–Crippen MR) is 100 cm³/mol. The van der Waals surface area contributed by atoms with Gasteiger partial charge in [0, 0.05) is 23.7 Å². The summed E-state index contributed by atoms with van der Waals surface area (Å²) in [4.78, 5) is 4.26. The molecule has 134 valence electrons. The fraction of sp³-hybridized carbons (Fsp3) is 0.389. The van der Waals surface area contributed by atoms with Gasteiger partial charge in [-0.05, 0) is 50.5 Å². The Morgan fingerprint density at radius 3 is 2.76 bits per heavy atom. The van der Waals surface area contributed by atoms with Crippen molar-refractivity contribution in [2.45, 2.75) is 0 Å². The fourth-order valence-electron chi connectivity index (χ4n) is 2.72. The van der Waals surface area contributed by atoms with Gasteiger partial charge in [-0.1, -0.05) is 16.7 Å². The number of quaternary nitrogens is 1. The van der Waals surface area contributed by atoms with Crippen LogP contribution in [0.3, 0.4) is 0 Å². The maximum absolute atomic E-state index is 12.7. The smallest absolute Gasteiger partial charge is 0.159 e. The Morgan fingerprint density at radius 1 is 1.28 bits per heavy atom. The van der Waals surface area contributed by atoms with Crippen molar-refractivity contribution in [3.05, 3.63) is 52.4 Å². The molecule has 25 heavy (non-hydrogen) atoms. The van der Waals surface area contributed by atoms with Crippen LogP contribution in [0.2, 0.25) is 5.02 Å². The molecule has 0 spiro atoms. The normalized spacial score (nSPS) is 21.6. The van der Waals surface area contributed by atoms with Crippen molar-refractivity contribution < 1.29 is 9.17 Å². The van der Waals surface area contributed by atoms with Gasteiger partial charge in [-0.25, -0.2) is 9.66 Å². The molecule has 0 aliphatic carbocycles. The molecule has 1 aliphatic rings. The first-order valence-corrected chi connectivity index (χ1v) is 8.68. The van der Waals surface area contributed by atoms with Crippen LogP contribution in [-0.4, -0.2) is 67.7 Å². The summed E-state index contributed by atoms with van der Waals surface area (Å²) >= 11 is 5.90. The molecule has 1 aromatic heterocycles. The molecular weight excluding hydrogens is 340 g/mol. The van der Waals surface area contributed by atoms with Crippen LogP contribution in [0.4, 0.5) is 0 Å². The minimum Gasteiger partial charge on any atom is -0.604 e. The van der Waals surface area contributed by atoms with E-state index in [-0.39, 0.29) is 0 Å². The van der Waals surface area contributed by atoms with Crippen LogP contribution in [0.25, 0.3) is 11.3 Å². The van der Waals surface area contributed by atoms with Crippen molar-refractivity contribution in [1.29, 1.82) is 0 Å². The Balaban J connectivity index is 1.61. The number of hydroxylamine groups is 2.